The van der Waals surface area contributed by atoms with Gasteiger partial charge in [0.05, 0.1) is 26.4 Å². The molecular weight excluding hydrogens is 335 g/mol. The molecule has 0 radical (unpaired) electrons. The van der Waals surface area contributed by atoms with E-state index >= 15 is 0 Å². The molecule has 0 bridgehead atoms. The molecule has 0 aliphatic heterocycles. The highest BCUT2D eigenvalue weighted by Gasteiger charge is 2.33. The number of aromatic nitrogens is 1. The normalized spacial score (nSPS) is 11.7. The van der Waals surface area contributed by atoms with E-state index in [2.05, 4.69) is 4.98 Å². The van der Waals surface area contributed by atoms with Gasteiger partial charge in [-0.2, -0.15) is 13.2 Å². The largest absolute Gasteiger partial charge is 0.433 e. The number of anilines is 1. The van der Waals surface area contributed by atoms with Gasteiger partial charge in [0.2, 0.25) is 0 Å². The lowest BCUT2D eigenvalue weighted by molar-refractivity contribution is -0.141. The lowest BCUT2D eigenvalue weighted by Crippen LogP contribution is -2.09. The molecule has 2 nitrogen and oxygen atoms in total. The summed E-state index contributed by atoms with van der Waals surface area (Å²) in [7, 11) is 0. The molecule has 0 unspecified atom stereocenters. The zero-order chi connectivity index (χ0) is 15.1. The van der Waals surface area contributed by atoms with E-state index in [4.69, 9.17) is 40.5 Å². The van der Waals surface area contributed by atoms with Crippen molar-refractivity contribution >= 4 is 40.5 Å². The first-order chi connectivity index (χ1) is 9.20. The number of halogens is 6. The van der Waals surface area contributed by atoms with Crippen molar-refractivity contribution in [3.63, 3.8) is 0 Å². The molecule has 1 aromatic heterocycles. The number of pyridine rings is 1. The van der Waals surface area contributed by atoms with Crippen molar-refractivity contribution in [2.75, 3.05) is 5.73 Å². The van der Waals surface area contributed by atoms with Crippen molar-refractivity contribution in [1.82, 2.24) is 4.98 Å². The van der Waals surface area contributed by atoms with E-state index in [1.807, 2.05) is 0 Å². The molecule has 2 aromatic rings. The number of hydrogen-bond acceptors (Lipinski definition) is 2. The summed E-state index contributed by atoms with van der Waals surface area (Å²) in [6.07, 6.45) is -4.58. The van der Waals surface area contributed by atoms with E-state index in [1.54, 1.807) is 0 Å². The van der Waals surface area contributed by atoms with Gasteiger partial charge in [-0.25, -0.2) is 4.98 Å². The number of nitrogen functional groups attached to an aromatic ring is 1. The van der Waals surface area contributed by atoms with Gasteiger partial charge in [0.1, 0.15) is 5.69 Å². The van der Waals surface area contributed by atoms with Crippen LogP contribution in [-0.2, 0) is 6.18 Å². The molecule has 1 heterocycles. The Kier molecular flexibility index (Phi) is 4.04. The van der Waals surface area contributed by atoms with Gasteiger partial charge in [-0.1, -0.05) is 34.8 Å². The molecular formula is C12H6Cl3F3N2. The van der Waals surface area contributed by atoms with Crippen molar-refractivity contribution in [3.05, 3.63) is 45.0 Å². The van der Waals surface area contributed by atoms with Crippen LogP contribution < -0.4 is 5.73 Å². The van der Waals surface area contributed by atoms with Crippen LogP contribution in [0.4, 0.5) is 18.9 Å². The van der Waals surface area contributed by atoms with Crippen LogP contribution in [0.25, 0.3) is 11.3 Å². The highest BCUT2D eigenvalue weighted by atomic mass is 35.5. The van der Waals surface area contributed by atoms with Crippen molar-refractivity contribution in [3.8, 4) is 11.3 Å². The highest BCUT2D eigenvalue weighted by molar-refractivity contribution is 6.44. The minimum Gasteiger partial charge on any atom is -0.397 e. The van der Waals surface area contributed by atoms with Gasteiger partial charge < -0.3 is 5.73 Å². The summed E-state index contributed by atoms with van der Waals surface area (Å²) in [5.74, 6) is 0. The van der Waals surface area contributed by atoms with Gasteiger partial charge in [-0.3, -0.25) is 0 Å². The summed E-state index contributed by atoms with van der Waals surface area (Å²) >= 11 is 17.6. The molecule has 0 saturated heterocycles. The molecule has 0 aliphatic rings. The summed E-state index contributed by atoms with van der Waals surface area (Å²) in [5, 5.41) is 0.438. The maximum Gasteiger partial charge on any atom is 0.433 e. The van der Waals surface area contributed by atoms with Crippen LogP contribution >= 0.6 is 34.8 Å². The Bertz CT molecular complexity index is 672. The number of alkyl halides is 3. The number of nitrogens with zero attached hydrogens (tertiary/aromatic N) is 1. The number of hydrogen-bond donors (Lipinski definition) is 1. The van der Waals surface area contributed by atoms with Crippen molar-refractivity contribution < 1.29 is 13.2 Å². The second kappa shape index (κ2) is 5.31. The monoisotopic (exact) mass is 340 g/mol. The predicted molar refractivity (Wildman–Crippen MR) is 74.1 cm³/mol. The van der Waals surface area contributed by atoms with Gasteiger partial charge in [-0.15, -0.1) is 0 Å². The Morgan fingerprint density at radius 3 is 2.15 bits per heavy atom. The average Bonchev–Trinajstić information content (AvgIpc) is 2.33. The van der Waals surface area contributed by atoms with Crippen molar-refractivity contribution in [1.29, 1.82) is 0 Å². The second-order valence-corrected chi connectivity index (χ2v) is 5.10. The maximum atomic E-state index is 12.7. The summed E-state index contributed by atoms with van der Waals surface area (Å²) < 4.78 is 38.0. The first-order valence-corrected chi connectivity index (χ1v) is 6.32. The topological polar surface area (TPSA) is 38.9 Å². The lowest BCUT2D eigenvalue weighted by atomic mass is 10.1. The SMILES string of the molecule is Nc1ccc(C(F)(F)F)nc1-c1cc(Cl)c(Cl)cc1Cl. The van der Waals surface area contributed by atoms with Gasteiger partial charge in [-0.05, 0) is 24.3 Å². The van der Waals surface area contributed by atoms with Crippen molar-refractivity contribution in [2.24, 2.45) is 0 Å². The molecule has 0 aliphatic carbocycles. The summed E-state index contributed by atoms with van der Waals surface area (Å²) in [5.41, 5.74) is 4.74. The molecule has 0 saturated carbocycles. The van der Waals surface area contributed by atoms with Crippen LogP contribution in [0.2, 0.25) is 15.1 Å². The molecule has 2 N–H and O–H groups in total. The molecule has 2 rings (SSSR count). The van der Waals surface area contributed by atoms with E-state index in [0.717, 1.165) is 12.1 Å². The quantitative estimate of drug-likeness (QED) is 0.714. The third-order valence-corrected chi connectivity index (χ3v) is 3.52. The fourth-order valence-corrected chi connectivity index (χ4v) is 2.18. The zero-order valence-corrected chi connectivity index (χ0v) is 11.9. The molecule has 0 amide bonds. The minimum absolute atomic E-state index is 0.0540. The molecule has 0 fully saturated rings. The third-order valence-electron chi connectivity index (χ3n) is 2.48. The molecule has 0 spiro atoms. The fourth-order valence-electron chi connectivity index (χ4n) is 1.55. The fraction of sp³-hybridized carbons (Fsp3) is 0.0833. The Balaban J connectivity index is 2.66. The van der Waals surface area contributed by atoms with E-state index in [0.29, 0.717) is 0 Å². The maximum absolute atomic E-state index is 12.7. The van der Waals surface area contributed by atoms with Crippen LogP contribution in [0.5, 0.6) is 0 Å². The highest BCUT2D eigenvalue weighted by Crippen LogP contribution is 2.38. The van der Waals surface area contributed by atoms with Crippen molar-refractivity contribution in [2.45, 2.75) is 6.18 Å². The average molecular weight is 342 g/mol. The summed E-state index contributed by atoms with van der Waals surface area (Å²) in [6.45, 7) is 0. The first kappa shape index (κ1) is 15.2. The van der Waals surface area contributed by atoms with E-state index < -0.39 is 11.9 Å². The van der Waals surface area contributed by atoms with Crippen LogP contribution in [-0.4, -0.2) is 4.98 Å². The molecule has 1 aromatic carbocycles. The lowest BCUT2D eigenvalue weighted by Gasteiger charge is -2.12. The van der Waals surface area contributed by atoms with Crippen LogP contribution in [0.15, 0.2) is 24.3 Å². The smallest absolute Gasteiger partial charge is 0.397 e. The van der Waals surface area contributed by atoms with E-state index in [-0.39, 0.29) is 32.0 Å². The number of nitrogens with two attached hydrogens (primary N) is 1. The zero-order valence-electron chi connectivity index (χ0n) is 9.60. The Morgan fingerprint density at radius 2 is 1.55 bits per heavy atom. The molecule has 106 valence electrons. The van der Waals surface area contributed by atoms with E-state index in [1.165, 1.54) is 12.1 Å². The van der Waals surface area contributed by atoms with Gasteiger partial charge in [0, 0.05) is 5.56 Å². The molecule has 20 heavy (non-hydrogen) atoms. The minimum atomic E-state index is -4.58. The number of benzene rings is 1. The van der Waals surface area contributed by atoms with E-state index in [9.17, 15) is 13.2 Å². The van der Waals surface area contributed by atoms with Gasteiger partial charge in [0.25, 0.3) is 0 Å². The van der Waals surface area contributed by atoms with Crippen LogP contribution in [0.3, 0.4) is 0 Å². The first-order valence-electron chi connectivity index (χ1n) is 5.19. The molecule has 8 heteroatoms. The predicted octanol–water partition coefficient (Wildman–Crippen LogP) is 5.31. The summed E-state index contributed by atoms with van der Waals surface area (Å²) in [4.78, 5) is 3.51. The van der Waals surface area contributed by atoms with Crippen LogP contribution in [0.1, 0.15) is 5.69 Å². The standard InChI is InChI=1S/C12H6Cl3F3N2/c13-6-4-8(15)7(14)3-5(6)11-9(19)1-2-10(20-11)12(16,17)18/h1-4H,19H2. The Labute approximate surface area is 127 Å². The van der Waals surface area contributed by atoms with Gasteiger partial charge in [0.15, 0.2) is 0 Å². The van der Waals surface area contributed by atoms with Gasteiger partial charge >= 0.3 is 6.18 Å². The second-order valence-electron chi connectivity index (χ2n) is 3.88. The Hall–Kier alpha value is -1.17. The van der Waals surface area contributed by atoms with Crippen LogP contribution in [0, 0.1) is 0 Å². The Morgan fingerprint density at radius 1 is 0.950 bits per heavy atom. The molecule has 0 atom stereocenters. The summed E-state index contributed by atoms with van der Waals surface area (Å²) in [6, 6.07) is 4.56. The third kappa shape index (κ3) is 2.95. The number of rotatable bonds is 1.